The van der Waals surface area contributed by atoms with Crippen molar-refractivity contribution in [2.45, 2.75) is 6.42 Å². The third-order valence-corrected chi connectivity index (χ3v) is 4.71. The number of nitrogens with one attached hydrogen (secondary N) is 2. The van der Waals surface area contributed by atoms with Gasteiger partial charge in [0, 0.05) is 42.8 Å². The first-order valence-electron chi connectivity index (χ1n) is 9.30. The molecule has 1 aliphatic rings. The molecular weight excluding hydrogens is 385 g/mol. The van der Waals surface area contributed by atoms with Crippen LogP contribution in [0, 0.1) is 11.2 Å². The number of para-hydroxylation sites is 1. The van der Waals surface area contributed by atoms with Gasteiger partial charge in [-0.25, -0.2) is 9.07 Å². The lowest BCUT2D eigenvalue weighted by Crippen LogP contribution is -2.43. The summed E-state index contributed by atoms with van der Waals surface area (Å²) in [6, 6.07) is 14.9. The highest BCUT2D eigenvalue weighted by Gasteiger charge is 2.26. The molecule has 0 bridgehead atoms. The van der Waals surface area contributed by atoms with Crippen molar-refractivity contribution in [3.8, 4) is 5.69 Å². The van der Waals surface area contributed by atoms with Crippen molar-refractivity contribution in [1.82, 2.24) is 9.78 Å². The van der Waals surface area contributed by atoms with E-state index < -0.39 is 5.82 Å². The summed E-state index contributed by atoms with van der Waals surface area (Å²) in [6.45, 7) is 0.570. The first-order valence-corrected chi connectivity index (χ1v) is 9.30. The summed E-state index contributed by atoms with van der Waals surface area (Å²) in [6.07, 6.45) is 4.30. The monoisotopic (exact) mass is 403 g/mol. The van der Waals surface area contributed by atoms with Crippen molar-refractivity contribution in [3.05, 3.63) is 88.6 Å². The predicted octanol–water partition coefficient (Wildman–Crippen LogP) is 3.21. The standard InChI is InChI=1S/C22H18FN5O2/c23-17-14-16(27-12-10-21(27)30)6-7-19(17)28-13-9-20(29)22(26-28)18(8-11-24)25-15-4-2-1-3-5-15/h1-9,11,13-14,24-25H,10,12H2/b18-8-,24-11?. The number of β-lactam (4-membered cyclic amide) rings is 1. The Hall–Kier alpha value is -4.07. The lowest BCUT2D eigenvalue weighted by Gasteiger charge is -2.30. The summed E-state index contributed by atoms with van der Waals surface area (Å²) in [5.41, 5.74) is 1.35. The van der Waals surface area contributed by atoms with Crippen LogP contribution >= 0.6 is 0 Å². The van der Waals surface area contributed by atoms with E-state index in [1.54, 1.807) is 6.07 Å². The van der Waals surface area contributed by atoms with Gasteiger partial charge < -0.3 is 15.6 Å². The molecule has 0 atom stereocenters. The Morgan fingerprint density at radius 2 is 1.93 bits per heavy atom. The van der Waals surface area contributed by atoms with Crippen molar-refractivity contribution >= 4 is 29.2 Å². The van der Waals surface area contributed by atoms with E-state index in [1.165, 1.54) is 40.1 Å². The number of allylic oxidation sites excluding steroid dienone is 1. The highest BCUT2D eigenvalue weighted by atomic mass is 19.1. The second-order valence-corrected chi connectivity index (χ2v) is 6.64. The number of hydrogen-bond donors (Lipinski definition) is 2. The molecule has 0 spiro atoms. The van der Waals surface area contributed by atoms with Crippen LogP contribution in [0.1, 0.15) is 12.1 Å². The number of rotatable bonds is 6. The van der Waals surface area contributed by atoms with Gasteiger partial charge in [-0.1, -0.05) is 18.2 Å². The first kappa shape index (κ1) is 19.3. The van der Waals surface area contributed by atoms with E-state index >= 15 is 0 Å². The number of hydrogen-bond acceptors (Lipinski definition) is 5. The Balaban J connectivity index is 1.70. The zero-order chi connectivity index (χ0) is 21.1. The fourth-order valence-corrected chi connectivity index (χ4v) is 3.11. The second-order valence-electron chi connectivity index (χ2n) is 6.64. The number of aromatic nitrogens is 2. The Kier molecular flexibility index (Phi) is 5.21. The van der Waals surface area contributed by atoms with E-state index in [4.69, 9.17) is 5.41 Å². The molecule has 1 amide bonds. The molecule has 0 saturated carbocycles. The van der Waals surface area contributed by atoms with Gasteiger partial charge in [0.1, 0.15) is 5.69 Å². The van der Waals surface area contributed by atoms with E-state index in [0.29, 0.717) is 24.4 Å². The quantitative estimate of drug-likeness (QED) is 0.488. The molecule has 150 valence electrons. The van der Waals surface area contributed by atoms with Gasteiger partial charge in [0.15, 0.2) is 11.5 Å². The molecule has 0 aliphatic carbocycles. The van der Waals surface area contributed by atoms with Crippen LogP contribution < -0.4 is 15.6 Å². The Morgan fingerprint density at radius 3 is 2.57 bits per heavy atom. The average Bonchev–Trinajstić information content (AvgIpc) is 2.74. The zero-order valence-corrected chi connectivity index (χ0v) is 15.9. The van der Waals surface area contributed by atoms with Crippen LogP contribution in [0.15, 0.2) is 71.7 Å². The molecule has 1 aromatic heterocycles. The fourth-order valence-electron chi connectivity index (χ4n) is 3.11. The summed E-state index contributed by atoms with van der Waals surface area (Å²) in [4.78, 5) is 25.5. The topological polar surface area (TPSA) is 91.1 Å². The number of amides is 1. The molecular formula is C22H18FN5O2. The maximum Gasteiger partial charge on any atom is 0.228 e. The number of carbonyl (C=O) groups excluding carboxylic acids is 1. The molecule has 0 radical (unpaired) electrons. The molecule has 8 heteroatoms. The number of anilines is 2. The van der Waals surface area contributed by atoms with Crippen LogP contribution in [-0.4, -0.2) is 28.4 Å². The third kappa shape index (κ3) is 3.75. The minimum atomic E-state index is -0.567. The molecule has 3 aromatic rings. The Bertz CT molecular complexity index is 1200. The highest BCUT2D eigenvalue weighted by Crippen LogP contribution is 2.25. The van der Waals surface area contributed by atoms with Crippen molar-refractivity contribution in [2.75, 3.05) is 16.8 Å². The molecule has 1 fully saturated rings. The minimum absolute atomic E-state index is 0.0423. The molecule has 0 unspecified atom stereocenters. The molecule has 1 saturated heterocycles. The van der Waals surface area contributed by atoms with Gasteiger partial charge in [-0.3, -0.25) is 9.59 Å². The largest absolute Gasteiger partial charge is 0.354 e. The number of halogens is 1. The number of benzene rings is 2. The van der Waals surface area contributed by atoms with Crippen LogP contribution in [0.2, 0.25) is 0 Å². The van der Waals surface area contributed by atoms with Crippen molar-refractivity contribution in [2.24, 2.45) is 0 Å². The lowest BCUT2D eigenvalue weighted by atomic mass is 10.1. The third-order valence-electron chi connectivity index (χ3n) is 4.71. The Labute approximate surface area is 171 Å². The van der Waals surface area contributed by atoms with Crippen LogP contribution in [-0.2, 0) is 4.79 Å². The lowest BCUT2D eigenvalue weighted by molar-refractivity contribution is -0.122. The van der Waals surface area contributed by atoms with Crippen LogP contribution in [0.3, 0.4) is 0 Å². The smallest absolute Gasteiger partial charge is 0.228 e. The van der Waals surface area contributed by atoms with Gasteiger partial charge >= 0.3 is 0 Å². The van der Waals surface area contributed by atoms with Crippen LogP contribution in [0.5, 0.6) is 0 Å². The summed E-state index contributed by atoms with van der Waals surface area (Å²) < 4.78 is 16.0. The second kappa shape index (κ2) is 8.12. The van der Waals surface area contributed by atoms with Gasteiger partial charge in [0.2, 0.25) is 11.3 Å². The van der Waals surface area contributed by atoms with E-state index in [2.05, 4.69) is 10.4 Å². The molecule has 7 nitrogen and oxygen atoms in total. The average molecular weight is 403 g/mol. The van der Waals surface area contributed by atoms with Gasteiger partial charge in [-0.05, 0) is 36.4 Å². The maximum absolute atomic E-state index is 14.8. The van der Waals surface area contributed by atoms with Crippen molar-refractivity contribution < 1.29 is 9.18 Å². The maximum atomic E-state index is 14.8. The SMILES string of the molecule is N=C/C=C(\Nc1ccccc1)c1nn(-c2ccc(N3CCC3=O)cc2F)ccc1=O. The molecule has 1 aliphatic heterocycles. The highest BCUT2D eigenvalue weighted by molar-refractivity contribution is 5.99. The summed E-state index contributed by atoms with van der Waals surface area (Å²) in [7, 11) is 0. The van der Waals surface area contributed by atoms with Crippen LogP contribution in [0.25, 0.3) is 11.4 Å². The zero-order valence-electron chi connectivity index (χ0n) is 15.9. The Morgan fingerprint density at radius 1 is 1.13 bits per heavy atom. The predicted molar refractivity (Wildman–Crippen MR) is 114 cm³/mol. The summed E-state index contributed by atoms with van der Waals surface area (Å²) in [5.74, 6) is -0.609. The summed E-state index contributed by atoms with van der Waals surface area (Å²) in [5, 5.41) is 14.8. The number of nitrogens with zero attached hydrogens (tertiary/aromatic N) is 3. The van der Waals surface area contributed by atoms with Gasteiger partial charge in [0.25, 0.3) is 0 Å². The van der Waals surface area contributed by atoms with Crippen LogP contribution in [0.4, 0.5) is 15.8 Å². The van der Waals surface area contributed by atoms with E-state index in [9.17, 15) is 14.0 Å². The van der Waals surface area contributed by atoms with E-state index in [-0.39, 0.29) is 22.7 Å². The van der Waals surface area contributed by atoms with Gasteiger partial charge in [-0.15, -0.1) is 0 Å². The molecule has 30 heavy (non-hydrogen) atoms. The van der Waals surface area contributed by atoms with Crippen molar-refractivity contribution in [1.29, 1.82) is 5.41 Å². The first-order chi connectivity index (χ1) is 14.6. The summed E-state index contributed by atoms with van der Waals surface area (Å²) >= 11 is 0. The molecule has 2 N–H and O–H groups in total. The molecule has 2 aromatic carbocycles. The van der Waals surface area contributed by atoms with Gasteiger partial charge in [-0.2, -0.15) is 5.10 Å². The van der Waals surface area contributed by atoms with E-state index in [1.807, 2.05) is 30.3 Å². The number of carbonyl (C=O) groups is 1. The van der Waals surface area contributed by atoms with Gasteiger partial charge in [0.05, 0.1) is 5.70 Å². The van der Waals surface area contributed by atoms with E-state index in [0.717, 1.165) is 11.9 Å². The minimum Gasteiger partial charge on any atom is -0.354 e. The molecule has 2 heterocycles. The molecule has 4 rings (SSSR count). The normalized spacial score (nSPS) is 13.7. The fraction of sp³-hybridized carbons (Fsp3) is 0.0909. The van der Waals surface area contributed by atoms with Crippen molar-refractivity contribution in [3.63, 3.8) is 0 Å².